The SMILES string of the molecule is CNC(=O)c1c(-c2ccc(F)cc2)oc2cc(N(C)SC)c([C@H]3CCCN(S(=O)(=O)c4ccccc4F)C3)cc12. The van der Waals surface area contributed by atoms with E-state index in [1.54, 1.807) is 12.1 Å². The van der Waals surface area contributed by atoms with Crippen molar-refractivity contribution in [2.45, 2.75) is 23.7 Å². The lowest BCUT2D eigenvalue weighted by Gasteiger charge is -2.34. The molecule has 1 saturated heterocycles. The van der Waals surface area contributed by atoms with Gasteiger partial charge >= 0.3 is 0 Å². The quantitative estimate of drug-likeness (QED) is 0.267. The van der Waals surface area contributed by atoms with Gasteiger partial charge in [-0.2, -0.15) is 4.31 Å². The molecular formula is C29H29F2N3O4S2. The van der Waals surface area contributed by atoms with Crippen molar-refractivity contribution in [1.29, 1.82) is 0 Å². The fraction of sp³-hybridized carbons (Fsp3) is 0.276. The average Bonchev–Trinajstić information content (AvgIpc) is 3.34. The zero-order valence-electron chi connectivity index (χ0n) is 22.3. The van der Waals surface area contributed by atoms with Gasteiger partial charge in [0.05, 0.1) is 11.3 Å². The fourth-order valence-electron chi connectivity index (χ4n) is 5.21. The number of hydrogen-bond acceptors (Lipinski definition) is 6. The second-order valence-electron chi connectivity index (χ2n) is 9.61. The maximum Gasteiger partial charge on any atom is 0.255 e. The van der Waals surface area contributed by atoms with Crippen LogP contribution in [-0.2, 0) is 10.0 Å². The minimum Gasteiger partial charge on any atom is -0.455 e. The van der Waals surface area contributed by atoms with E-state index in [0.717, 1.165) is 17.3 Å². The predicted molar refractivity (Wildman–Crippen MR) is 154 cm³/mol. The molecule has 0 bridgehead atoms. The first-order chi connectivity index (χ1) is 19.1. The first-order valence-electron chi connectivity index (χ1n) is 12.8. The fourth-order valence-corrected chi connectivity index (χ4v) is 7.15. The van der Waals surface area contributed by atoms with Gasteiger partial charge in [0.25, 0.3) is 5.91 Å². The average molecular weight is 586 g/mol. The third-order valence-corrected chi connectivity index (χ3v) is 9.93. The Hall–Kier alpha value is -3.41. The maximum atomic E-state index is 14.5. The Morgan fingerprint density at radius 1 is 1.12 bits per heavy atom. The van der Waals surface area contributed by atoms with Crippen molar-refractivity contribution in [3.63, 3.8) is 0 Å². The van der Waals surface area contributed by atoms with E-state index in [4.69, 9.17) is 4.42 Å². The summed E-state index contributed by atoms with van der Waals surface area (Å²) >= 11 is 1.48. The molecule has 1 fully saturated rings. The normalized spacial score (nSPS) is 16.3. The molecule has 1 aromatic heterocycles. The van der Waals surface area contributed by atoms with Crippen LogP contribution in [0.5, 0.6) is 0 Å². The first-order valence-corrected chi connectivity index (χ1v) is 15.4. The number of anilines is 1. The van der Waals surface area contributed by atoms with Gasteiger partial charge in [0.2, 0.25) is 10.0 Å². The molecule has 7 nitrogen and oxygen atoms in total. The van der Waals surface area contributed by atoms with Crippen molar-refractivity contribution in [2.75, 3.05) is 37.7 Å². The van der Waals surface area contributed by atoms with E-state index in [-0.39, 0.29) is 29.8 Å². The van der Waals surface area contributed by atoms with Crippen molar-refractivity contribution < 1.29 is 26.4 Å². The number of rotatable bonds is 7. The van der Waals surface area contributed by atoms with Gasteiger partial charge < -0.3 is 14.0 Å². The Balaban J connectivity index is 1.64. The van der Waals surface area contributed by atoms with E-state index in [1.807, 2.05) is 29.7 Å². The summed E-state index contributed by atoms with van der Waals surface area (Å²) in [5, 5.41) is 3.24. The zero-order chi connectivity index (χ0) is 28.6. The summed E-state index contributed by atoms with van der Waals surface area (Å²) < 4.78 is 64.4. The minimum absolute atomic E-state index is 0.162. The van der Waals surface area contributed by atoms with Gasteiger partial charge in [-0.3, -0.25) is 4.79 Å². The van der Waals surface area contributed by atoms with Gasteiger partial charge in [-0.1, -0.05) is 24.1 Å². The third-order valence-electron chi connectivity index (χ3n) is 7.29. The number of fused-ring (bicyclic) bond motifs is 1. The topological polar surface area (TPSA) is 82.9 Å². The molecule has 4 aromatic rings. The lowest BCUT2D eigenvalue weighted by molar-refractivity contribution is 0.0964. The molecule has 210 valence electrons. The summed E-state index contributed by atoms with van der Waals surface area (Å²) in [5.74, 6) is -1.44. The van der Waals surface area contributed by atoms with Crippen molar-refractivity contribution >= 4 is 44.5 Å². The molecule has 1 amide bonds. The number of benzene rings is 3. The Bertz CT molecular complexity index is 1670. The molecule has 1 aliphatic rings. The summed E-state index contributed by atoms with van der Waals surface area (Å²) in [6, 6.07) is 14.9. The van der Waals surface area contributed by atoms with Crippen LogP contribution in [0.4, 0.5) is 14.5 Å². The van der Waals surface area contributed by atoms with E-state index < -0.39 is 21.7 Å². The highest BCUT2D eigenvalue weighted by atomic mass is 32.2. The number of sulfonamides is 1. The lowest BCUT2D eigenvalue weighted by Crippen LogP contribution is -2.39. The van der Waals surface area contributed by atoms with Crippen molar-refractivity contribution in [1.82, 2.24) is 9.62 Å². The van der Waals surface area contributed by atoms with Gasteiger partial charge in [0.15, 0.2) is 0 Å². The van der Waals surface area contributed by atoms with E-state index in [0.29, 0.717) is 40.7 Å². The van der Waals surface area contributed by atoms with Crippen molar-refractivity contribution in [3.05, 3.63) is 83.4 Å². The second-order valence-corrected chi connectivity index (χ2v) is 12.4. The molecule has 0 unspecified atom stereocenters. The van der Waals surface area contributed by atoms with Crippen LogP contribution in [0.1, 0.15) is 34.7 Å². The Kier molecular flexibility index (Phi) is 7.89. The first kappa shape index (κ1) is 28.1. The van der Waals surface area contributed by atoms with E-state index in [1.165, 1.54) is 53.6 Å². The molecule has 0 spiro atoms. The number of nitrogens with zero attached hydrogens (tertiary/aromatic N) is 2. The third kappa shape index (κ3) is 5.09. The lowest BCUT2D eigenvalue weighted by atomic mass is 9.89. The molecule has 0 saturated carbocycles. The largest absolute Gasteiger partial charge is 0.455 e. The number of carbonyl (C=O) groups excluding carboxylic acids is 1. The molecule has 1 aliphatic heterocycles. The second kappa shape index (κ2) is 11.2. The Morgan fingerprint density at radius 3 is 2.52 bits per heavy atom. The zero-order valence-corrected chi connectivity index (χ0v) is 23.9. The van der Waals surface area contributed by atoms with Crippen LogP contribution >= 0.6 is 11.9 Å². The van der Waals surface area contributed by atoms with Crippen LogP contribution in [0.25, 0.3) is 22.3 Å². The van der Waals surface area contributed by atoms with E-state index >= 15 is 0 Å². The van der Waals surface area contributed by atoms with Gasteiger partial charge in [-0.15, -0.1) is 0 Å². The van der Waals surface area contributed by atoms with Crippen LogP contribution in [0.2, 0.25) is 0 Å². The van der Waals surface area contributed by atoms with E-state index in [2.05, 4.69) is 5.32 Å². The van der Waals surface area contributed by atoms with Gasteiger partial charge in [0.1, 0.15) is 27.9 Å². The van der Waals surface area contributed by atoms with Gasteiger partial charge in [-0.05, 0) is 66.8 Å². The number of amides is 1. The van der Waals surface area contributed by atoms with Gasteiger partial charge in [0, 0.05) is 50.5 Å². The number of piperidine rings is 1. The molecule has 2 heterocycles. The Morgan fingerprint density at radius 2 is 1.85 bits per heavy atom. The van der Waals surface area contributed by atoms with Crippen LogP contribution in [0.15, 0.2) is 70.0 Å². The highest BCUT2D eigenvalue weighted by Gasteiger charge is 2.34. The van der Waals surface area contributed by atoms with Crippen molar-refractivity contribution in [2.24, 2.45) is 0 Å². The molecule has 3 aromatic carbocycles. The molecule has 11 heteroatoms. The van der Waals surface area contributed by atoms with Gasteiger partial charge in [-0.25, -0.2) is 17.2 Å². The molecule has 5 rings (SSSR count). The monoisotopic (exact) mass is 585 g/mol. The van der Waals surface area contributed by atoms with Crippen LogP contribution < -0.4 is 9.62 Å². The maximum absolute atomic E-state index is 14.5. The summed E-state index contributed by atoms with van der Waals surface area (Å²) in [7, 11) is -0.624. The number of furan rings is 1. The molecular weight excluding hydrogens is 556 g/mol. The highest BCUT2D eigenvalue weighted by Crippen LogP contribution is 2.43. The highest BCUT2D eigenvalue weighted by molar-refractivity contribution is 7.99. The number of nitrogens with one attached hydrogen (secondary N) is 1. The van der Waals surface area contributed by atoms with Crippen molar-refractivity contribution in [3.8, 4) is 11.3 Å². The standard InChI is InChI=1S/C29H29F2N3O4S2/c1-32-29(35)27-22-15-21(19-7-6-14-34(17-19)40(36,37)26-9-5-4-8-23(26)31)24(33(2)39-3)16-25(22)38-28(27)18-10-12-20(30)13-11-18/h4-5,8-13,15-16,19H,6-7,14,17H2,1-3H3,(H,32,35)/t19-/m0/s1. The smallest absolute Gasteiger partial charge is 0.255 e. The molecule has 1 atom stereocenters. The van der Waals surface area contributed by atoms with Crippen LogP contribution in [-0.4, -0.2) is 52.1 Å². The van der Waals surface area contributed by atoms with Crippen LogP contribution in [0.3, 0.4) is 0 Å². The summed E-state index contributed by atoms with van der Waals surface area (Å²) in [5.41, 5.74) is 3.02. The molecule has 1 N–H and O–H groups in total. The molecule has 40 heavy (non-hydrogen) atoms. The Labute approximate surface area is 236 Å². The number of hydrogen-bond donors (Lipinski definition) is 1. The summed E-state index contributed by atoms with van der Waals surface area (Å²) in [6.45, 7) is 0.447. The van der Waals surface area contributed by atoms with Crippen LogP contribution in [0, 0.1) is 11.6 Å². The van der Waals surface area contributed by atoms with E-state index in [9.17, 15) is 22.0 Å². The number of halogens is 2. The summed E-state index contributed by atoms with van der Waals surface area (Å²) in [4.78, 5) is 12.8. The molecule has 0 radical (unpaired) electrons. The predicted octanol–water partition coefficient (Wildman–Crippen LogP) is 6.02. The number of carbonyl (C=O) groups is 1. The summed E-state index contributed by atoms with van der Waals surface area (Å²) in [6.07, 6.45) is 3.22. The minimum atomic E-state index is -4.05. The molecule has 0 aliphatic carbocycles.